The molecule has 0 saturated heterocycles. The van der Waals surface area contributed by atoms with Crippen LogP contribution in [0.15, 0.2) is 54.9 Å². The molecule has 0 fully saturated rings. The zero-order chi connectivity index (χ0) is 16.5. The number of para-hydroxylation sites is 1. The fourth-order valence-corrected chi connectivity index (χ4v) is 3.12. The van der Waals surface area contributed by atoms with Crippen LogP contribution in [0.25, 0.3) is 16.4 Å². The van der Waals surface area contributed by atoms with Crippen molar-refractivity contribution in [1.29, 1.82) is 0 Å². The maximum atomic E-state index is 12.3. The highest BCUT2D eigenvalue weighted by Gasteiger charge is 2.17. The van der Waals surface area contributed by atoms with Crippen LogP contribution < -0.4 is 5.32 Å². The summed E-state index contributed by atoms with van der Waals surface area (Å²) in [4.78, 5) is 15.6. The average molecular weight is 339 g/mol. The normalized spacial score (nSPS) is 11.2. The number of nitrogens with one attached hydrogen (secondary N) is 2. The number of rotatable bonds is 4. The Kier molecular flexibility index (Phi) is 3.70. The molecule has 3 heterocycles. The summed E-state index contributed by atoms with van der Waals surface area (Å²) in [7, 11) is 0. The number of fused-ring (bicyclic) bond motifs is 2. The standard InChI is InChI=1S/C18H15ClN4O/c19-16-15-7-3-4-10-23(15)22-17(16)18(24)20-9-8-12-11-21-14-6-2-1-5-13(12)14/h1-7,10-11,21H,8-9H2,(H,20,24). The third-order valence-electron chi connectivity index (χ3n) is 4.05. The Morgan fingerprint density at radius 3 is 2.92 bits per heavy atom. The molecule has 1 aromatic carbocycles. The third kappa shape index (κ3) is 2.53. The highest BCUT2D eigenvalue weighted by atomic mass is 35.5. The van der Waals surface area contributed by atoms with Gasteiger partial charge in [0.25, 0.3) is 5.91 Å². The molecule has 0 spiro atoms. The smallest absolute Gasteiger partial charge is 0.273 e. The van der Waals surface area contributed by atoms with E-state index in [1.807, 2.05) is 42.6 Å². The molecule has 4 aromatic rings. The van der Waals surface area contributed by atoms with Gasteiger partial charge in [-0.05, 0) is 30.2 Å². The van der Waals surface area contributed by atoms with Crippen LogP contribution in [0.5, 0.6) is 0 Å². The molecule has 6 heteroatoms. The SMILES string of the molecule is O=C(NCCc1c[nH]c2ccccc12)c1nn2ccccc2c1Cl. The summed E-state index contributed by atoms with van der Waals surface area (Å²) in [6, 6.07) is 13.6. The van der Waals surface area contributed by atoms with E-state index in [1.54, 1.807) is 10.7 Å². The van der Waals surface area contributed by atoms with E-state index in [9.17, 15) is 4.79 Å². The van der Waals surface area contributed by atoms with Gasteiger partial charge in [-0.25, -0.2) is 4.52 Å². The van der Waals surface area contributed by atoms with E-state index in [0.29, 0.717) is 11.6 Å². The van der Waals surface area contributed by atoms with Gasteiger partial charge in [0.2, 0.25) is 0 Å². The van der Waals surface area contributed by atoms with Crippen molar-refractivity contribution in [3.05, 3.63) is 71.1 Å². The fourth-order valence-electron chi connectivity index (χ4n) is 2.85. The number of H-pyrrole nitrogens is 1. The van der Waals surface area contributed by atoms with Crippen LogP contribution >= 0.6 is 11.6 Å². The summed E-state index contributed by atoms with van der Waals surface area (Å²) >= 11 is 6.26. The van der Waals surface area contributed by atoms with Crippen LogP contribution in [0.4, 0.5) is 0 Å². The maximum Gasteiger partial charge on any atom is 0.273 e. The Balaban J connectivity index is 1.47. The van der Waals surface area contributed by atoms with E-state index in [-0.39, 0.29) is 11.6 Å². The number of carbonyl (C=O) groups excluding carboxylic acids is 1. The Morgan fingerprint density at radius 2 is 2.04 bits per heavy atom. The molecule has 24 heavy (non-hydrogen) atoms. The highest BCUT2D eigenvalue weighted by Crippen LogP contribution is 2.21. The van der Waals surface area contributed by atoms with Crippen LogP contribution in [0, 0.1) is 0 Å². The number of aromatic nitrogens is 3. The van der Waals surface area contributed by atoms with Crippen molar-refractivity contribution in [2.75, 3.05) is 6.54 Å². The van der Waals surface area contributed by atoms with Crippen molar-refractivity contribution in [1.82, 2.24) is 19.9 Å². The predicted octanol–water partition coefficient (Wildman–Crippen LogP) is 3.44. The molecule has 0 atom stereocenters. The quantitative estimate of drug-likeness (QED) is 0.598. The number of carbonyl (C=O) groups is 1. The van der Waals surface area contributed by atoms with E-state index in [4.69, 9.17) is 11.6 Å². The van der Waals surface area contributed by atoms with Gasteiger partial charge in [-0.15, -0.1) is 0 Å². The van der Waals surface area contributed by atoms with Crippen molar-refractivity contribution in [2.45, 2.75) is 6.42 Å². The number of hydrogen-bond acceptors (Lipinski definition) is 2. The molecule has 2 N–H and O–H groups in total. The molecule has 4 rings (SSSR count). The van der Waals surface area contributed by atoms with Gasteiger partial charge in [-0.1, -0.05) is 35.9 Å². The highest BCUT2D eigenvalue weighted by molar-refractivity contribution is 6.36. The lowest BCUT2D eigenvalue weighted by molar-refractivity contribution is 0.0949. The van der Waals surface area contributed by atoms with E-state index < -0.39 is 0 Å². The zero-order valence-corrected chi connectivity index (χ0v) is 13.5. The number of halogens is 1. The van der Waals surface area contributed by atoms with Crippen molar-refractivity contribution < 1.29 is 4.79 Å². The molecule has 5 nitrogen and oxygen atoms in total. The van der Waals surface area contributed by atoms with Crippen LogP contribution in [-0.4, -0.2) is 27.0 Å². The maximum absolute atomic E-state index is 12.3. The fraction of sp³-hybridized carbons (Fsp3) is 0.111. The number of hydrogen-bond donors (Lipinski definition) is 2. The number of amides is 1. The summed E-state index contributed by atoms with van der Waals surface area (Å²) in [5.41, 5.74) is 3.25. The minimum atomic E-state index is -0.261. The lowest BCUT2D eigenvalue weighted by Gasteiger charge is -2.03. The Labute approximate surface area is 143 Å². The first-order valence-corrected chi connectivity index (χ1v) is 8.08. The van der Waals surface area contributed by atoms with E-state index >= 15 is 0 Å². The molecule has 0 unspecified atom stereocenters. The van der Waals surface area contributed by atoms with Gasteiger partial charge in [0.1, 0.15) is 0 Å². The van der Waals surface area contributed by atoms with Gasteiger partial charge in [0, 0.05) is 29.8 Å². The second-order valence-corrected chi connectivity index (χ2v) is 5.94. The van der Waals surface area contributed by atoms with Crippen molar-refractivity contribution in [3.8, 4) is 0 Å². The summed E-state index contributed by atoms with van der Waals surface area (Å²) in [5.74, 6) is -0.261. The molecule has 0 aliphatic heterocycles. The van der Waals surface area contributed by atoms with Crippen LogP contribution in [-0.2, 0) is 6.42 Å². The van der Waals surface area contributed by atoms with Crippen LogP contribution in [0.3, 0.4) is 0 Å². The summed E-state index contributed by atoms with van der Waals surface area (Å²) in [5, 5.41) is 8.69. The van der Waals surface area contributed by atoms with Crippen LogP contribution in [0.2, 0.25) is 5.02 Å². The van der Waals surface area contributed by atoms with Gasteiger partial charge in [0.05, 0.1) is 10.5 Å². The average Bonchev–Trinajstić information content (AvgIpc) is 3.17. The number of pyridine rings is 1. The van der Waals surface area contributed by atoms with Crippen molar-refractivity contribution >= 4 is 33.9 Å². The van der Waals surface area contributed by atoms with E-state index in [1.165, 1.54) is 10.9 Å². The van der Waals surface area contributed by atoms with Crippen LogP contribution in [0.1, 0.15) is 16.1 Å². The molecular formula is C18H15ClN4O. The largest absolute Gasteiger partial charge is 0.361 e. The minimum Gasteiger partial charge on any atom is -0.361 e. The molecule has 0 saturated carbocycles. The van der Waals surface area contributed by atoms with E-state index in [2.05, 4.69) is 21.5 Å². The molecule has 0 aliphatic carbocycles. The predicted molar refractivity (Wildman–Crippen MR) is 94.5 cm³/mol. The monoisotopic (exact) mass is 338 g/mol. The first kappa shape index (κ1) is 14.8. The third-order valence-corrected chi connectivity index (χ3v) is 4.42. The van der Waals surface area contributed by atoms with Gasteiger partial charge < -0.3 is 10.3 Å². The first-order chi connectivity index (χ1) is 11.7. The first-order valence-electron chi connectivity index (χ1n) is 7.70. The Bertz CT molecular complexity index is 1030. The number of benzene rings is 1. The topological polar surface area (TPSA) is 62.2 Å². The lowest BCUT2D eigenvalue weighted by Crippen LogP contribution is -2.26. The van der Waals surface area contributed by atoms with Gasteiger partial charge >= 0.3 is 0 Å². The molecule has 0 aliphatic rings. The summed E-state index contributed by atoms with van der Waals surface area (Å²) in [6.45, 7) is 0.519. The molecular weight excluding hydrogens is 324 g/mol. The molecule has 0 radical (unpaired) electrons. The van der Waals surface area contributed by atoms with E-state index in [0.717, 1.165) is 17.5 Å². The minimum absolute atomic E-state index is 0.252. The Morgan fingerprint density at radius 1 is 1.21 bits per heavy atom. The Hall–Kier alpha value is -2.79. The van der Waals surface area contributed by atoms with Gasteiger partial charge in [0.15, 0.2) is 5.69 Å². The lowest BCUT2D eigenvalue weighted by atomic mass is 10.1. The summed E-state index contributed by atoms with van der Waals surface area (Å²) in [6.07, 6.45) is 4.49. The molecule has 0 bridgehead atoms. The number of aromatic amines is 1. The zero-order valence-electron chi connectivity index (χ0n) is 12.8. The molecule has 120 valence electrons. The second-order valence-electron chi connectivity index (χ2n) is 5.56. The van der Waals surface area contributed by atoms with Crippen molar-refractivity contribution in [3.63, 3.8) is 0 Å². The molecule has 3 aromatic heterocycles. The van der Waals surface area contributed by atoms with Crippen molar-refractivity contribution in [2.24, 2.45) is 0 Å². The summed E-state index contributed by atoms with van der Waals surface area (Å²) < 4.78 is 1.61. The molecule has 1 amide bonds. The number of nitrogens with zero attached hydrogens (tertiary/aromatic N) is 2. The van der Waals surface area contributed by atoms with Gasteiger partial charge in [-0.3, -0.25) is 4.79 Å². The second kappa shape index (κ2) is 6.02. The van der Waals surface area contributed by atoms with Gasteiger partial charge in [-0.2, -0.15) is 5.10 Å².